The monoisotopic (exact) mass is 282 g/mol. The molecule has 102 valence electrons. The minimum Gasteiger partial charge on any atom is -0.316 e. The lowest BCUT2D eigenvalue weighted by molar-refractivity contribution is 0.712. The van der Waals surface area contributed by atoms with E-state index in [2.05, 4.69) is 53.3 Å². The van der Waals surface area contributed by atoms with Gasteiger partial charge in [-0.1, -0.05) is 12.1 Å². The molecule has 0 saturated carbocycles. The Morgan fingerprint density at radius 2 is 2.05 bits per heavy atom. The van der Waals surface area contributed by atoms with Crippen LogP contribution in [0.3, 0.4) is 0 Å². The Bertz CT molecular complexity index is 766. The van der Waals surface area contributed by atoms with E-state index in [1.807, 2.05) is 11.3 Å². The molecule has 0 atom stereocenters. The summed E-state index contributed by atoms with van der Waals surface area (Å²) in [5, 5.41) is 3.50. The molecule has 0 aliphatic carbocycles. The minimum absolute atomic E-state index is 1.10. The Labute approximate surface area is 123 Å². The maximum absolute atomic E-state index is 3.50. The van der Waals surface area contributed by atoms with Crippen molar-refractivity contribution in [2.24, 2.45) is 0 Å². The molecule has 3 aromatic rings. The van der Waals surface area contributed by atoms with Gasteiger partial charge in [0.05, 0.1) is 10.2 Å². The van der Waals surface area contributed by atoms with Gasteiger partial charge in [0.25, 0.3) is 0 Å². The predicted molar refractivity (Wildman–Crippen MR) is 86.2 cm³/mol. The Kier molecular flexibility index (Phi) is 2.90. The highest BCUT2D eigenvalue weighted by Gasteiger charge is 2.18. The summed E-state index contributed by atoms with van der Waals surface area (Å²) in [4.78, 5) is 1.57. The first-order valence-corrected chi connectivity index (χ1v) is 8.04. The van der Waals surface area contributed by atoms with E-state index in [9.17, 15) is 0 Å². The van der Waals surface area contributed by atoms with Gasteiger partial charge in [0.1, 0.15) is 0 Å². The average molecular weight is 282 g/mol. The normalized spacial score (nSPS) is 15.2. The van der Waals surface area contributed by atoms with Gasteiger partial charge in [-0.05, 0) is 62.2 Å². The molecule has 1 aliphatic rings. The molecule has 0 radical (unpaired) electrons. The van der Waals surface area contributed by atoms with Crippen LogP contribution >= 0.6 is 11.3 Å². The highest BCUT2D eigenvalue weighted by Crippen LogP contribution is 2.35. The molecule has 3 heterocycles. The Hall–Kier alpha value is -1.58. The topological polar surface area (TPSA) is 17.0 Å². The van der Waals surface area contributed by atoms with Gasteiger partial charge in [-0.2, -0.15) is 0 Å². The van der Waals surface area contributed by atoms with Crippen molar-refractivity contribution < 1.29 is 0 Å². The lowest BCUT2D eigenvalue weighted by Gasteiger charge is -2.08. The molecule has 2 nitrogen and oxygen atoms in total. The van der Waals surface area contributed by atoms with E-state index in [4.69, 9.17) is 0 Å². The van der Waals surface area contributed by atoms with E-state index in [-0.39, 0.29) is 0 Å². The van der Waals surface area contributed by atoms with E-state index >= 15 is 0 Å². The van der Waals surface area contributed by atoms with Gasteiger partial charge in [-0.3, -0.25) is 0 Å². The Balaban J connectivity index is 1.94. The summed E-state index contributed by atoms with van der Waals surface area (Å²) in [5.74, 6) is 0. The second-order valence-electron chi connectivity index (χ2n) is 5.49. The van der Waals surface area contributed by atoms with Crippen LogP contribution in [0.5, 0.6) is 0 Å². The SMILES string of the molecule is Cc1cccc(-n2ccc3sc4c(c32)CCNCC4)c1. The summed E-state index contributed by atoms with van der Waals surface area (Å²) in [6.07, 6.45) is 4.53. The molecule has 4 rings (SSSR count). The van der Waals surface area contributed by atoms with Gasteiger partial charge in [0.2, 0.25) is 0 Å². The fraction of sp³-hybridized carbons (Fsp3) is 0.294. The number of nitrogens with zero attached hydrogens (tertiary/aromatic N) is 1. The Morgan fingerprint density at radius 1 is 1.15 bits per heavy atom. The largest absolute Gasteiger partial charge is 0.316 e. The maximum atomic E-state index is 3.50. The molecule has 20 heavy (non-hydrogen) atoms. The van der Waals surface area contributed by atoms with Crippen LogP contribution in [0.2, 0.25) is 0 Å². The molecule has 0 bridgehead atoms. The number of hydrogen-bond acceptors (Lipinski definition) is 2. The molecule has 0 fully saturated rings. The number of nitrogens with one attached hydrogen (secondary N) is 1. The van der Waals surface area contributed by atoms with Gasteiger partial charge in [0.15, 0.2) is 0 Å². The van der Waals surface area contributed by atoms with Crippen molar-refractivity contribution in [1.82, 2.24) is 9.88 Å². The van der Waals surface area contributed by atoms with Crippen molar-refractivity contribution in [3.63, 3.8) is 0 Å². The number of aryl methyl sites for hydroxylation is 1. The summed E-state index contributed by atoms with van der Waals surface area (Å²) < 4.78 is 3.79. The third kappa shape index (κ3) is 1.89. The number of rotatable bonds is 1. The first kappa shape index (κ1) is 12.2. The van der Waals surface area contributed by atoms with Crippen LogP contribution in [0.15, 0.2) is 36.5 Å². The van der Waals surface area contributed by atoms with Crippen LogP contribution in [0.1, 0.15) is 16.0 Å². The standard InChI is InChI=1S/C17H18N2S/c1-12-3-2-4-13(11-12)19-10-7-16-17(19)14-5-8-18-9-6-15(14)20-16/h2-4,7,10-11,18H,5-6,8-9H2,1H3. The number of fused-ring (bicyclic) bond motifs is 3. The summed E-state index contributed by atoms with van der Waals surface area (Å²) in [6, 6.07) is 11.0. The molecular formula is C17H18N2S. The zero-order valence-electron chi connectivity index (χ0n) is 11.6. The molecule has 1 aromatic carbocycles. The fourth-order valence-corrected chi connectivity index (χ4v) is 4.35. The quantitative estimate of drug-likeness (QED) is 0.720. The third-order valence-electron chi connectivity index (χ3n) is 4.07. The Morgan fingerprint density at radius 3 is 2.95 bits per heavy atom. The first-order valence-electron chi connectivity index (χ1n) is 7.22. The van der Waals surface area contributed by atoms with Crippen molar-refractivity contribution in [1.29, 1.82) is 0 Å². The molecule has 0 spiro atoms. The summed E-state index contributed by atoms with van der Waals surface area (Å²) >= 11 is 1.97. The second-order valence-corrected chi connectivity index (χ2v) is 6.63. The second kappa shape index (κ2) is 4.76. The van der Waals surface area contributed by atoms with E-state index < -0.39 is 0 Å². The fourth-order valence-electron chi connectivity index (χ4n) is 3.11. The van der Waals surface area contributed by atoms with E-state index in [1.165, 1.54) is 27.9 Å². The van der Waals surface area contributed by atoms with Crippen molar-refractivity contribution in [3.05, 3.63) is 52.5 Å². The summed E-state index contributed by atoms with van der Waals surface area (Å²) in [6.45, 7) is 4.36. The molecule has 0 amide bonds. The molecule has 3 heteroatoms. The third-order valence-corrected chi connectivity index (χ3v) is 5.31. The molecule has 2 aromatic heterocycles. The van der Waals surface area contributed by atoms with E-state index in [0.717, 1.165) is 19.5 Å². The highest BCUT2D eigenvalue weighted by molar-refractivity contribution is 7.19. The van der Waals surface area contributed by atoms with Gasteiger partial charge < -0.3 is 9.88 Å². The van der Waals surface area contributed by atoms with Crippen LogP contribution < -0.4 is 5.32 Å². The molecule has 0 unspecified atom stereocenters. The average Bonchev–Trinajstić information content (AvgIpc) is 2.91. The predicted octanol–water partition coefficient (Wildman–Crippen LogP) is 3.69. The highest BCUT2D eigenvalue weighted by atomic mass is 32.1. The molecule has 1 aliphatic heterocycles. The van der Waals surface area contributed by atoms with E-state index in [0.29, 0.717) is 0 Å². The summed E-state index contributed by atoms with van der Waals surface area (Å²) in [7, 11) is 0. The van der Waals surface area contributed by atoms with E-state index in [1.54, 1.807) is 10.4 Å². The van der Waals surface area contributed by atoms with Crippen LogP contribution in [-0.2, 0) is 12.8 Å². The van der Waals surface area contributed by atoms with Gasteiger partial charge in [-0.25, -0.2) is 0 Å². The van der Waals surface area contributed by atoms with Crippen LogP contribution in [0, 0.1) is 6.92 Å². The van der Waals surface area contributed by atoms with Gasteiger partial charge >= 0.3 is 0 Å². The lowest BCUT2D eigenvalue weighted by Crippen LogP contribution is -2.16. The zero-order valence-corrected chi connectivity index (χ0v) is 12.5. The zero-order chi connectivity index (χ0) is 13.5. The van der Waals surface area contributed by atoms with Crippen LogP contribution in [0.4, 0.5) is 0 Å². The van der Waals surface area contributed by atoms with Crippen molar-refractivity contribution in [2.45, 2.75) is 19.8 Å². The smallest absolute Gasteiger partial charge is 0.0671 e. The first-order chi connectivity index (χ1) is 9.83. The van der Waals surface area contributed by atoms with Crippen LogP contribution in [-0.4, -0.2) is 17.7 Å². The lowest BCUT2D eigenvalue weighted by atomic mass is 10.1. The van der Waals surface area contributed by atoms with Gasteiger partial charge in [0, 0.05) is 16.8 Å². The molecule has 1 N–H and O–H groups in total. The summed E-state index contributed by atoms with van der Waals surface area (Å²) in [5.41, 5.74) is 5.57. The number of hydrogen-bond donors (Lipinski definition) is 1. The minimum atomic E-state index is 1.10. The van der Waals surface area contributed by atoms with Crippen molar-refractivity contribution in [2.75, 3.05) is 13.1 Å². The van der Waals surface area contributed by atoms with Crippen LogP contribution in [0.25, 0.3) is 15.9 Å². The van der Waals surface area contributed by atoms with Crippen molar-refractivity contribution >= 4 is 21.6 Å². The molecule has 0 saturated heterocycles. The maximum Gasteiger partial charge on any atom is 0.0671 e. The molecular weight excluding hydrogens is 264 g/mol. The van der Waals surface area contributed by atoms with Crippen molar-refractivity contribution in [3.8, 4) is 5.69 Å². The van der Waals surface area contributed by atoms with Gasteiger partial charge in [-0.15, -0.1) is 11.3 Å². The number of thiophene rings is 1. The number of benzene rings is 1. The number of aromatic nitrogens is 1.